The lowest BCUT2D eigenvalue weighted by molar-refractivity contribution is 0.750. The second kappa shape index (κ2) is 3.58. The molecule has 1 aromatic heterocycles. The summed E-state index contributed by atoms with van der Waals surface area (Å²) in [6.45, 7) is 2.01. The highest BCUT2D eigenvalue weighted by atomic mass is 15.3. The molecule has 0 unspecified atom stereocenters. The third-order valence-electron chi connectivity index (χ3n) is 3.26. The molecule has 0 saturated heterocycles. The van der Waals surface area contributed by atoms with Crippen LogP contribution in [0.3, 0.4) is 0 Å². The smallest absolute Gasteiger partial charge is 0.158 e. The van der Waals surface area contributed by atoms with Crippen molar-refractivity contribution in [1.82, 2.24) is 14.8 Å². The lowest BCUT2D eigenvalue weighted by Gasteiger charge is -2.03. The van der Waals surface area contributed by atoms with Gasteiger partial charge in [-0.2, -0.15) is 5.10 Å². The highest BCUT2D eigenvalue weighted by Crippen LogP contribution is 2.38. The third kappa shape index (κ3) is 1.79. The van der Waals surface area contributed by atoms with E-state index in [9.17, 15) is 0 Å². The average molecular weight is 228 g/mol. The van der Waals surface area contributed by atoms with Gasteiger partial charge in [0.15, 0.2) is 11.6 Å². The maximum atomic E-state index is 5.93. The van der Waals surface area contributed by atoms with Crippen LogP contribution in [0.5, 0.6) is 0 Å². The Bertz CT molecular complexity index is 567. The highest BCUT2D eigenvalue weighted by Gasteiger charge is 2.28. The molecule has 0 spiro atoms. The van der Waals surface area contributed by atoms with Crippen molar-refractivity contribution in [1.29, 1.82) is 0 Å². The lowest BCUT2D eigenvalue weighted by Crippen LogP contribution is -1.96. The summed E-state index contributed by atoms with van der Waals surface area (Å²) in [5, 5.41) is 4.47. The second-order valence-electron chi connectivity index (χ2n) is 4.76. The summed E-state index contributed by atoms with van der Waals surface area (Å²) >= 11 is 0. The summed E-state index contributed by atoms with van der Waals surface area (Å²) in [7, 11) is 1.93. The number of hydrogen-bond donors (Lipinski definition) is 1. The summed E-state index contributed by atoms with van der Waals surface area (Å²) < 4.78 is 1.84. The van der Waals surface area contributed by atoms with Crippen molar-refractivity contribution in [3.05, 3.63) is 29.6 Å². The number of hydrogen-bond acceptors (Lipinski definition) is 3. The van der Waals surface area contributed by atoms with E-state index in [0.717, 1.165) is 28.5 Å². The Morgan fingerprint density at radius 1 is 1.35 bits per heavy atom. The average Bonchev–Trinajstić information content (AvgIpc) is 3.07. The minimum Gasteiger partial charge on any atom is -0.398 e. The van der Waals surface area contributed by atoms with Crippen LogP contribution in [0.15, 0.2) is 18.2 Å². The van der Waals surface area contributed by atoms with Gasteiger partial charge in [0.1, 0.15) is 0 Å². The normalized spacial score (nSPS) is 15.2. The Morgan fingerprint density at radius 3 is 2.76 bits per heavy atom. The van der Waals surface area contributed by atoms with Gasteiger partial charge in [0, 0.05) is 24.2 Å². The molecule has 1 aromatic carbocycles. The third-order valence-corrected chi connectivity index (χ3v) is 3.26. The molecular weight excluding hydrogens is 212 g/mol. The van der Waals surface area contributed by atoms with Crippen LogP contribution >= 0.6 is 0 Å². The van der Waals surface area contributed by atoms with Gasteiger partial charge in [-0.05, 0) is 31.4 Å². The van der Waals surface area contributed by atoms with Crippen molar-refractivity contribution in [3.63, 3.8) is 0 Å². The minimum atomic E-state index is 0.581. The first-order chi connectivity index (χ1) is 8.15. The SMILES string of the molecule is Cc1ccc(-c2nc(C3CC3)nn2C)cc1N. The number of rotatable bonds is 2. The predicted molar refractivity (Wildman–Crippen MR) is 67.6 cm³/mol. The Balaban J connectivity index is 2.04. The number of anilines is 1. The Labute approximate surface area is 100 Å². The summed E-state index contributed by atoms with van der Waals surface area (Å²) in [6, 6.07) is 6.04. The van der Waals surface area contributed by atoms with E-state index in [2.05, 4.69) is 10.1 Å². The van der Waals surface area contributed by atoms with E-state index in [-0.39, 0.29) is 0 Å². The van der Waals surface area contributed by atoms with Crippen molar-refractivity contribution in [3.8, 4) is 11.4 Å². The molecular formula is C13H16N4. The standard InChI is InChI=1S/C13H16N4/c1-8-3-4-10(7-11(8)14)13-15-12(9-5-6-9)16-17(13)2/h3-4,7,9H,5-6,14H2,1-2H3. The van der Waals surface area contributed by atoms with Crippen LogP contribution in [0.2, 0.25) is 0 Å². The molecule has 1 heterocycles. The molecule has 1 aliphatic carbocycles. The summed E-state index contributed by atoms with van der Waals surface area (Å²) in [4.78, 5) is 4.61. The second-order valence-corrected chi connectivity index (χ2v) is 4.76. The van der Waals surface area contributed by atoms with Crippen molar-refractivity contribution in [2.45, 2.75) is 25.7 Å². The van der Waals surface area contributed by atoms with Gasteiger partial charge in [0.05, 0.1) is 0 Å². The molecule has 3 rings (SSSR count). The zero-order chi connectivity index (χ0) is 12.0. The van der Waals surface area contributed by atoms with Crippen molar-refractivity contribution in [2.75, 3.05) is 5.73 Å². The van der Waals surface area contributed by atoms with Gasteiger partial charge in [0.25, 0.3) is 0 Å². The first-order valence-corrected chi connectivity index (χ1v) is 5.92. The van der Waals surface area contributed by atoms with Crippen LogP contribution in [0.25, 0.3) is 11.4 Å². The molecule has 4 nitrogen and oxygen atoms in total. The lowest BCUT2D eigenvalue weighted by atomic mass is 10.1. The van der Waals surface area contributed by atoms with Crippen molar-refractivity contribution in [2.24, 2.45) is 7.05 Å². The molecule has 2 aromatic rings. The molecule has 1 fully saturated rings. The molecule has 2 N–H and O–H groups in total. The van der Waals surface area contributed by atoms with E-state index in [4.69, 9.17) is 5.73 Å². The van der Waals surface area contributed by atoms with Crippen LogP contribution in [0, 0.1) is 6.92 Å². The number of aryl methyl sites for hydroxylation is 2. The van der Waals surface area contributed by atoms with Gasteiger partial charge in [-0.15, -0.1) is 0 Å². The highest BCUT2D eigenvalue weighted by molar-refractivity contribution is 5.63. The van der Waals surface area contributed by atoms with Crippen LogP contribution in [0.4, 0.5) is 5.69 Å². The topological polar surface area (TPSA) is 56.7 Å². The molecule has 1 saturated carbocycles. The molecule has 1 aliphatic rings. The summed E-state index contributed by atoms with van der Waals surface area (Å²) in [5.41, 5.74) is 8.87. The molecule has 0 atom stereocenters. The fourth-order valence-corrected chi connectivity index (χ4v) is 1.95. The molecule has 4 heteroatoms. The largest absolute Gasteiger partial charge is 0.398 e. The maximum Gasteiger partial charge on any atom is 0.158 e. The van der Waals surface area contributed by atoms with Crippen molar-refractivity contribution < 1.29 is 0 Å². The van der Waals surface area contributed by atoms with E-state index in [0.29, 0.717) is 5.92 Å². The van der Waals surface area contributed by atoms with Gasteiger partial charge in [0.2, 0.25) is 0 Å². The molecule has 0 aliphatic heterocycles. The van der Waals surface area contributed by atoms with Gasteiger partial charge in [-0.1, -0.05) is 12.1 Å². The van der Waals surface area contributed by atoms with Crippen molar-refractivity contribution >= 4 is 5.69 Å². The van der Waals surface area contributed by atoms with Crippen LogP contribution in [0.1, 0.15) is 30.1 Å². The monoisotopic (exact) mass is 228 g/mol. The number of nitrogen functional groups attached to an aromatic ring is 1. The van der Waals surface area contributed by atoms with Gasteiger partial charge >= 0.3 is 0 Å². The van der Waals surface area contributed by atoms with Gasteiger partial charge in [-0.25, -0.2) is 9.67 Å². The Hall–Kier alpha value is -1.84. The van der Waals surface area contributed by atoms with Gasteiger partial charge < -0.3 is 5.73 Å². The number of benzene rings is 1. The molecule has 0 radical (unpaired) electrons. The summed E-state index contributed by atoms with van der Waals surface area (Å²) in [5.74, 6) is 2.46. The fourth-order valence-electron chi connectivity index (χ4n) is 1.95. The Kier molecular flexibility index (Phi) is 2.18. The Morgan fingerprint density at radius 2 is 2.12 bits per heavy atom. The minimum absolute atomic E-state index is 0.581. The molecule has 0 amide bonds. The molecule has 0 bridgehead atoms. The number of nitrogens with zero attached hydrogens (tertiary/aromatic N) is 3. The fraction of sp³-hybridized carbons (Fsp3) is 0.385. The van der Waals surface area contributed by atoms with E-state index in [1.54, 1.807) is 0 Å². The first-order valence-electron chi connectivity index (χ1n) is 5.92. The zero-order valence-corrected chi connectivity index (χ0v) is 10.1. The van der Waals surface area contributed by atoms with Crippen LogP contribution < -0.4 is 5.73 Å². The number of nitrogens with two attached hydrogens (primary N) is 1. The molecule has 17 heavy (non-hydrogen) atoms. The van der Waals surface area contributed by atoms with Crippen LogP contribution in [-0.4, -0.2) is 14.8 Å². The van der Waals surface area contributed by atoms with E-state index in [1.807, 2.05) is 36.9 Å². The first kappa shape index (κ1) is 10.3. The quantitative estimate of drug-likeness (QED) is 0.802. The zero-order valence-electron chi connectivity index (χ0n) is 10.1. The van der Waals surface area contributed by atoms with Gasteiger partial charge in [-0.3, -0.25) is 0 Å². The maximum absolute atomic E-state index is 5.93. The van der Waals surface area contributed by atoms with E-state index >= 15 is 0 Å². The predicted octanol–water partition coefficient (Wildman–Crippen LogP) is 2.25. The number of aromatic nitrogens is 3. The van der Waals surface area contributed by atoms with E-state index < -0.39 is 0 Å². The summed E-state index contributed by atoms with van der Waals surface area (Å²) in [6.07, 6.45) is 2.44. The molecule has 88 valence electrons. The van der Waals surface area contributed by atoms with E-state index in [1.165, 1.54) is 12.8 Å². The van der Waals surface area contributed by atoms with Crippen LogP contribution in [-0.2, 0) is 7.05 Å².